The van der Waals surface area contributed by atoms with Crippen molar-refractivity contribution >= 4 is 11.9 Å². The zero-order valence-electron chi connectivity index (χ0n) is 15.3. The van der Waals surface area contributed by atoms with E-state index >= 15 is 0 Å². The molecule has 0 aliphatic carbocycles. The molecule has 3 rings (SSSR count). The van der Waals surface area contributed by atoms with E-state index in [1.54, 1.807) is 24.3 Å². The van der Waals surface area contributed by atoms with Crippen LogP contribution in [0.5, 0.6) is 5.75 Å². The summed E-state index contributed by atoms with van der Waals surface area (Å²) >= 11 is 0. The van der Waals surface area contributed by atoms with E-state index in [1.807, 2.05) is 12.1 Å². The predicted molar refractivity (Wildman–Crippen MR) is 103 cm³/mol. The topological polar surface area (TPSA) is 52.6 Å². The fraction of sp³-hybridized carbons (Fsp3) is 0.130. The minimum atomic E-state index is -0.474. The molecule has 0 saturated heterocycles. The van der Waals surface area contributed by atoms with Crippen LogP contribution >= 0.6 is 0 Å². The second-order valence-corrected chi connectivity index (χ2v) is 6.26. The summed E-state index contributed by atoms with van der Waals surface area (Å²) in [5.41, 5.74) is 4.36. The second kappa shape index (κ2) is 8.32. The molecule has 0 spiro atoms. The lowest BCUT2D eigenvalue weighted by Crippen LogP contribution is -2.09. The normalized spacial score (nSPS) is 10.3. The molecular weight excluding hydrogens is 340 g/mol. The van der Waals surface area contributed by atoms with Crippen molar-refractivity contribution in [1.29, 1.82) is 0 Å². The number of carbonyl (C=O) groups is 2. The maximum Gasteiger partial charge on any atom is 0.343 e. The molecule has 0 fully saturated rings. The predicted octanol–water partition coefficient (Wildman–Crippen LogP) is 4.59. The SMILES string of the molecule is COC(=O)c1ccc(C(=O)Oc2ccc(Cc3ccc(C)cc3)cc2)cc1. The van der Waals surface area contributed by atoms with E-state index in [0.29, 0.717) is 16.9 Å². The van der Waals surface area contributed by atoms with Crippen LogP contribution in [0.25, 0.3) is 0 Å². The van der Waals surface area contributed by atoms with Gasteiger partial charge in [0.15, 0.2) is 0 Å². The van der Waals surface area contributed by atoms with Gasteiger partial charge in [0.2, 0.25) is 0 Å². The third-order valence-corrected chi connectivity index (χ3v) is 4.20. The van der Waals surface area contributed by atoms with Crippen molar-refractivity contribution in [3.8, 4) is 5.75 Å². The monoisotopic (exact) mass is 360 g/mol. The summed E-state index contributed by atoms with van der Waals surface area (Å²) < 4.78 is 10.0. The molecule has 0 bridgehead atoms. The summed E-state index contributed by atoms with van der Waals surface area (Å²) in [5, 5.41) is 0. The van der Waals surface area contributed by atoms with Crippen LogP contribution in [0.3, 0.4) is 0 Å². The molecule has 0 aliphatic rings. The lowest BCUT2D eigenvalue weighted by atomic mass is 10.0. The summed E-state index contributed by atoms with van der Waals surface area (Å²) in [6.07, 6.45) is 0.823. The van der Waals surface area contributed by atoms with E-state index < -0.39 is 11.9 Å². The molecule has 0 atom stereocenters. The molecule has 0 amide bonds. The second-order valence-electron chi connectivity index (χ2n) is 6.26. The molecule has 4 heteroatoms. The smallest absolute Gasteiger partial charge is 0.343 e. The number of carbonyl (C=O) groups excluding carboxylic acids is 2. The van der Waals surface area contributed by atoms with Crippen LogP contribution in [0.15, 0.2) is 72.8 Å². The highest BCUT2D eigenvalue weighted by Gasteiger charge is 2.11. The van der Waals surface area contributed by atoms with Gasteiger partial charge in [-0.05, 0) is 60.9 Å². The molecule has 0 heterocycles. The van der Waals surface area contributed by atoms with Crippen molar-refractivity contribution in [2.45, 2.75) is 13.3 Å². The summed E-state index contributed by atoms with van der Waals surface area (Å²) in [6, 6.07) is 22.0. The van der Waals surface area contributed by atoms with Crippen LogP contribution in [0.2, 0.25) is 0 Å². The fourth-order valence-electron chi connectivity index (χ4n) is 2.64. The van der Waals surface area contributed by atoms with Gasteiger partial charge in [0, 0.05) is 0 Å². The molecule has 0 saturated carbocycles. The Balaban J connectivity index is 1.62. The van der Waals surface area contributed by atoms with Gasteiger partial charge in [0.25, 0.3) is 0 Å². The Bertz CT molecular complexity index is 924. The van der Waals surface area contributed by atoms with E-state index in [9.17, 15) is 9.59 Å². The average molecular weight is 360 g/mol. The van der Waals surface area contributed by atoms with Crippen molar-refractivity contribution < 1.29 is 19.1 Å². The summed E-state index contributed by atoms with van der Waals surface area (Å²) in [4.78, 5) is 23.7. The lowest BCUT2D eigenvalue weighted by Gasteiger charge is -2.07. The standard InChI is InChI=1S/C23H20O4/c1-16-3-5-17(6-4-16)15-18-7-13-21(14-8-18)27-23(25)20-11-9-19(10-12-20)22(24)26-2/h3-14H,15H2,1-2H3. The Labute approximate surface area is 158 Å². The first-order chi connectivity index (χ1) is 13.0. The van der Waals surface area contributed by atoms with Crippen molar-refractivity contribution in [3.05, 3.63) is 101 Å². The highest BCUT2D eigenvalue weighted by Crippen LogP contribution is 2.17. The van der Waals surface area contributed by atoms with Gasteiger partial charge >= 0.3 is 11.9 Å². The zero-order chi connectivity index (χ0) is 19.2. The van der Waals surface area contributed by atoms with Crippen LogP contribution in [0, 0.1) is 6.92 Å². The third kappa shape index (κ3) is 4.82. The summed E-state index contributed by atoms with van der Waals surface area (Å²) in [5.74, 6) is -0.443. The van der Waals surface area contributed by atoms with Gasteiger partial charge in [-0.1, -0.05) is 42.0 Å². The van der Waals surface area contributed by atoms with Crippen molar-refractivity contribution in [2.24, 2.45) is 0 Å². The van der Waals surface area contributed by atoms with Crippen molar-refractivity contribution in [3.63, 3.8) is 0 Å². The maximum absolute atomic E-state index is 12.2. The number of esters is 2. The molecular formula is C23H20O4. The quantitative estimate of drug-likeness (QED) is 0.493. The van der Waals surface area contributed by atoms with Crippen LogP contribution < -0.4 is 4.74 Å². The van der Waals surface area contributed by atoms with E-state index in [4.69, 9.17) is 4.74 Å². The van der Waals surface area contributed by atoms with Crippen molar-refractivity contribution in [2.75, 3.05) is 7.11 Å². The van der Waals surface area contributed by atoms with Gasteiger partial charge in [-0.25, -0.2) is 9.59 Å². The molecule has 0 aromatic heterocycles. The fourth-order valence-corrected chi connectivity index (χ4v) is 2.64. The van der Waals surface area contributed by atoms with Gasteiger partial charge in [0.1, 0.15) is 5.75 Å². The lowest BCUT2D eigenvalue weighted by molar-refractivity contribution is 0.0599. The van der Waals surface area contributed by atoms with Gasteiger partial charge in [-0.15, -0.1) is 0 Å². The Hall–Kier alpha value is -3.40. The maximum atomic E-state index is 12.2. The van der Waals surface area contributed by atoms with Crippen LogP contribution in [0.4, 0.5) is 0 Å². The Morgan fingerprint density at radius 3 is 1.70 bits per heavy atom. The molecule has 4 nitrogen and oxygen atoms in total. The minimum absolute atomic E-state index is 0.367. The van der Waals surface area contributed by atoms with Crippen molar-refractivity contribution in [1.82, 2.24) is 0 Å². The molecule has 136 valence electrons. The van der Waals surface area contributed by atoms with Crippen LogP contribution in [-0.4, -0.2) is 19.0 Å². The van der Waals surface area contributed by atoms with Crippen LogP contribution in [-0.2, 0) is 11.2 Å². The molecule has 0 N–H and O–H groups in total. The van der Waals surface area contributed by atoms with E-state index in [1.165, 1.54) is 30.4 Å². The number of benzene rings is 3. The van der Waals surface area contributed by atoms with E-state index in [0.717, 1.165) is 12.0 Å². The van der Waals surface area contributed by atoms with E-state index in [-0.39, 0.29) is 0 Å². The zero-order valence-corrected chi connectivity index (χ0v) is 15.3. The third-order valence-electron chi connectivity index (χ3n) is 4.20. The first kappa shape index (κ1) is 18.4. The highest BCUT2D eigenvalue weighted by molar-refractivity contribution is 5.94. The first-order valence-electron chi connectivity index (χ1n) is 8.60. The van der Waals surface area contributed by atoms with E-state index in [2.05, 4.69) is 35.9 Å². The number of hydrogen-bond acceptors (Lipinski definition) is 4. The molecule has 27 heavy (non-hydrogen) atoms. The molecule has 0 aliphatic heterocycles. The molecule has 0 unspecified atom stereocenters. The number of ether oxygens (including phenoxy) is 2. The van der Waals surface area contributed by atoms with Gasteiger partial charge in [-0.3, -0.25) is 0 Å². The first-order valence-corrected chi connectivity index (χ1v) is 8.60. The molecule has 3 aromatic rings. The minimum Gasteiger partial charge on any atom is -0.465 e. The van der Waals surface area contributed by atoms with Crippen LogP contribution in [0.1, 0.15) is 37.4 Å². The average Bonchev–Trinajstić information content (AvgIpc) is 2.70. The van der Waals surface area contributed by atoms with Gasteiger partial charge < -0.3 is 9.47 Å². The van der Waals surface area contributed by atoms with Gasteiger partial charge in [0.05, 0.1) is 18.2 Å². The highest BCUT2D eigenvalue weighted by atomic mass is 16.5. The number of hydrogen-bond donors (Lipinski definition) is 0. The number of methoxy groups -OCH3 is 1. The Kier molecular flexibility index (Phi) is 5.67. The molecule has 3 aromatic carbocycles. The Morgan fingerprint density at radius 1 is 0.704 bits per heavy atom. The molecule has 0 radical (unpaired) electrons. The largest absolute Gasteiger partial charge is 0.465 e. The number of rotatable bonds is 5. The summed E-state index contributed by atoms with van der Waals surface area (Å²) in [7, 11) is 1.31. The Morgan fingerprint density at radius 2 is 1.19 bits per heavy atom. The number of aryl methyl sites for hydroxylation is 1. The van der Waals surface area contributed by atoms with Gasteiger partial charge in [-0.2, -0.15) is 0 Å². The summed E-state index contributed by atoms with van der Waals surface area (Å²) in [6.45, 7) is 2.07.